The van der Waals surface area contributed by atoms with E-state index in [1.165, 1.54) is 32.1 Å². The molecule has 8 heteroatoms. The van der Waals surface area contributed by atoms with E-state index in [9.17, 15) is 9.59 Å². The van der Waals surface area contributed by atoms with Gasteiger partial charge in [0.25, 0.3) is 0 Å². The molecule has 10 fully saturated rings. The first-order valence-electron chi connectivity index (χ1n) is 16.1. The Morgan fingerprint density at radius 3 is 2.38 bits per heavy atom. The fourth-order valence-corrected chi connectivity index (χ4v) is 13.1. The molecular formula is C31H45BN2O5. The van der Waals surface area contributed by atoms with Gasteiger partial charge in [-0.2, -0.15) is 0 Å². The molecule has 0 radical (unpaired) electrons. The number of fused-ring (bicyclic) bond motifs is 2. The van der Waals surface area contributed by atoms with Gasteiger partial charge in [-0.25, -0.2) is 4.79 Å². The minimum atomic E-state index is -0.603. The zero-order chi connectivity index (χ0) is 26.7. The summed E-state index contributed by atoms with van der Waals surface area (Å²) in [5.41, 5.74) is -0.271. The molecule has 2 saturated heterocycles. The SMILES string of the molecule is CC(C)(C)OC(=O)N[C@H](C(=O)N1CCC[C@H]1B1O[C@@H]2C3CC4CC5C43C2[C@@]5(C)O1)C12CC3CC(CC(C3)C1)C2. The number of hydrogen-bond donors (Lipinski definition) is 1. The number of alkyl carbamates (subject to hydrolysis) is 1. The number of hydrogen-bond acceptors (Lipinski definition) is 5. The maximum Gasteiger partial charge on any atom is 0.481 e. The van der Waals surface area contributed by atoms with Crippen LogP contribution in [0.4, 0.5) is 4.79 Å². The van der Waals surface area contributed by atoms with Crippen molar-refractivity contribution in [2.75, 3.05) is 6.54 Å². The van der Waals surface area contributed by atoms with Crippen LogP contribution >= 0.6 is 0 Å². The topological polar surface area (TPSA) is 77.1 Å². The summed E-state index contributed by atoms with van der Waals surface area (Å²) in [5, 5.41) is 3.18. The summed E-state index contributed by atoms with van der Waals surface area (Å²) in [7, 11) is -0.348. The van der Waals surface area contributed by atoms with Crippen molar-refractivity contribution in [3.63, 3.8) is 0 Å². The molecule has 8 saturated carbocycles. The summed E-state index contributed by atoms with van der Waals surface area (Å²) in [5.74, 6) is 4.99. The lowest BCUT2D eigenvalue weighted by Crippen LogP contribution is -2.97. The van der Waals surface area contributed by atoms with Crippen molar-refractivity contribution in [3.8, 4) is 0 Å². The van der Waals surface area contributed by atoms with Gasteiger partial charge in [0.1, 0.15) is 11.6 Å². The van der Waals surface area contributed by atoms with Crippen molar-refractivity contribution >= 4 is 19.1 Å². The van der Waals surface area contributed by atoms with E-state index in [2.05, 4.69) is 17.1 Å². The number of amides is 2. The predicted molar refractivity (Wildman–Crippen MR) is 144 cm³/mol. The van der Waals surface area contributed by atoms with Crippen LogP contribution in [-0.2, 0) is 18.8 Å². The summed E-state index contributed by atoms with van der Waals surface area (Å²) in [6.45, 7) is 8.72. The molecule has 39 heavy (non-hydrogen) atoms. The first kappa shape index (κ1) is 24.3. The summed E-state index contributed by atoms with van der Waals surface area (Å²) in [4.78, 5) is 30.0. The number of carbonyl (C=O) groups excluding carboxylic acids is 2. The first-order valence-corrected chi connectivity index (χ1v) is 16.1. The molecule has 5 unspecified atom stereocenters. The third kappa shape index (κ3) is 2.89. The first-order chi connectivity index (χ1) is 18.5. The van der Waals surface area contributed by atoms with E-state index in [-0.39, 0.29) is 30.0 Å². The number of nitrogens with one attached hydrogen (secondary N) is 1. The molecule has 0 aromatic carbocycles. The normalized spacial score (nSPS) is 53.9. The quantitative estimate of drug-likeness (QED) is 0.533. The standard InChI is InChI=1S/C31H45BN2O5/c1-28(2,3)37-27(36)33-25(30-13-16-8-17(14-30)10-18(9-16)15-30)26(35)34-7-5-6-22(34)32-38-23-20-11-19-12-21-29(4,39-32)24(23)31(19,20)21/h16-25H,5-15H2,1-4H3,(H,33,36)/t16?,17?,18?,19?,20?,21?,22-,23+,24?,25+,29-,30?,31?/m0/s1. The van der Waals surface area contributed by atoms with E-state index in [1.54, 1.807) is 0 Å². The summed E-state index contributed by atoms with van der Waals surface area (Å²) in [6, 6.07) is -0.535. The smallest absolute Gasteiger partial charge is 0.444 e. The van der Waals surface area contributed by atoms with Gasteiger partial charge in [0, 0.05) is 17.9 Å². The highest BCUT2D eigenvalue weighted by atomic mass is 16.6. The molecule has 0 aromatic heterocycles. The van der Waals surface area contributed by atoms with E-state index in [0.717, 1.165) is 50.5 Å². The van der Waals surface area contributed by atoms with Gasteiger partial charge in [-0.3, -0.25) is 4.79 Å². The van der Waals surface area contributed by atoms with Crippen molar-refractivity contribution in [1.82, 2.24) is 10.2 Å². The van der Waals surface area contributed by atoms with Gasteiger partial charge >= 0.3 is 13.2 Å². The second-order valence-corrected chi connectivity index (χ2v) is 16.7. The second-order valence-electron chi connectivity index (χ2n) is 16.7. The van der Waals surface area contributed by atoms with E-state index < -0.39 is 17.7 Å². The average Bonchev–Trinajstić information content (AvgIpc) is 3.29. The fraction of sp³-hybridized carbons (Fsp3) is 0.935. The summed E-state index contributed by atoms with van der Waals surface area (Å²) >= 11 is 0. The van der Waals surface area contributed by atoms with Crippen LogP contribution in [0, 0.1) is 52.3 Å². The van der Waals surface area contributed by atoms with E-state index in [1.807, 2.05) is 20.8 Å². The largest absolute Gasteiger partial charge is 0.481 e. The van der Waals surface area contributed by atoms with Gasteiger partial charge in [0.2, 0.25) is 5.91 Å². The maximum absolute atomic E-state index is 14.7. The molecule has 10 aliphatic rings. The van der Waals surface area contributed by atoms with E-state index in [0.29, 0.717) is 41.1 Å². The molecule has 1 N–H and O–H groups in total. The van der Waals surface area contributed by atoms with Gasteiger partial charge in [-0.05, 0) is 133 Å². The Morgan fingerprint density at radius 2 is 1.74 bits per heavy atom. The molecule has 2 amide bonds. The van der Waals surface area contributed by atoms with E-state index in [4.69, 9.17) is 14.0 Å². The Hall–Kier alpha value is -1.28. The molecule has 2 aliphatic heterocycles. The fourth-order valence-electron chi connectivity index (χ4n) is 13.1. The van der Waals surface area contributed by atoms with Crippen molar-refractivity contribution in [2.45, 2.75) is 121 Å². The molecule has 212 valence electrons. The van der Waals surface area contributed by atoms with Crippen molar-refractivity contribution < 1.29 is 23.6 Å². The lowest BCUT2D eigenvalue weighted by Gasteiger charge is -2.94. The third-order valence-corrected chi connectivity index (χ3v) is 13.7. The number of carbonyl (C=O) groups is 2. The highest BCUT2D eigenvalue weighted by molar-refractivity contribution is 6.47. The Balaban J connectivity index is 0.998. The van der Waals surface area contributed by atoms with Crippen molar-refractivity contribution in [1.29, 1.82) is 0 Å². The molecule has 7 nitrogen and oxygen atoms in total. The minimum absolute atomic E-state index is 0.0707. The predicted octanol–water partition coefficient (Wildman–Crippen LogP) is 4.57. The number of rotatable bonds is 4. The maximum atomic E-state index is 14.7. The number of ether oxygens (including phenoxy) is 1. The highest BCUT2D eigenvalue weighted by Gasteiger charge is 2.94. The van der Waals surface area contributed by atoms with Crippen LogP contribution in [0.15, 0.2) is 0 Å². The molecule has 8 aliphatic carbocycles. The van der Waals surface area contributed by atoms with Crippen molar-refractivity contribution in [2.24, 2.45) is 52.3 Å². The van der Waals surface area contributed by atoms with Crippen LogP contribution in [-0.4, -0.2) is 59.9 Å². The van der Waals surface area contributed by atoms with Crippen LogP contribution in [0.1, 0.15) is 91.9 Å². The Morgan fingerprint density at radius 1 is 1.05 bits per heavy atom. The third-order valence-electron chi connectivity index (χ3n) is 13.7. The monoisotopic (exact) mass is 536 g/mol. The highest BCUT2D eigenvalue weighted by Crippen LogP contribution is 2.92. The molecule has 1 spiro atoms. The van der Waals surface area contributed by atoms with E-state index >= 15 is 0 Å². The van der Waals surface area contributed by atoms with Crippen LogP contribution in [0.3, 0.4) is 0 Å². The zero-order valence-electron chi connectivity index (χ0n) is 24.1. The van der Waals surface area contributed by atoms with Crippen LogP contribution < -0.4 is 5.32 Å². The molecule has 2 heterocycles. The van der Waals surface area contributed by atoms with Crippen molar-refractivity contribution in [3.05, 3.63) is 0 Å². The molecular weight excluding hydrogens is 491 g/mol. The van der Waals surface area contributed by atoms with Gasteiger partial charge in [-0.15, -0.1) is 0 Å². The molecule has 9 atom stereocenters. The van der Waals surface area contributed by atoms with Gasteiger partial charge in [0.15, 0.2) is 0 Å². The number of nitrogens with zero attached hydrogens (tertiary/aromatic N) is 1. The Labute approximate surface area is 233 Å². The minimum Gasteiger partial charge on any atom is -0.444 e. The summed E-state index contributed by atoms with van der Waals surface area (Å²) in [6.07, 6.45) is 11.4. The van der Waals surface area contributed by atoms with Gasteiger partial charge in [0.05, 0.1) is 17.6 Å². The van der Waals surface area contributed by atoms with Crippen LogP contribution in [0.25, 0.3) is 0 Å². The lowest BCUT2D eigenvalue weighted by molar-refractivity contribution is -0.498. The van der Waals surface area contributed by atoms with Gasteiger partial charge < -0.3 is 24.3 Å². The second kappa shape index (κ2) is 7.37. The lowest BCUT2D eigenvalue weighted by atomic mass is 9.13. The molecule has 4 bridgehead atoms. The average molecular weight is 537 g/mol. The Bertz CT molecular complexity index is 1100. The summed E-state index contributed by atoms with van der Waals surface area (Å²) < 4.78 is 19.4. The Kier molecular flexibility index (Phi) is 4.60. The van der Waals surface area contributed by atoms with Crippen LogP contribution in [0.2, 0.25) is 0 Å². The molecule has 10 rings (SSSR count). The molecule has 0 aromatic rings. The number of likely N-dealkylation sites (tertiary alicyclic amines) is 1. The zero-order valence-corrected chi connectivity index (χ0v) is 24.1. The van der Waals surface area contributed by atoms with Gasteiger partial charge in [-0.1, -0.05) is 0 Å². The van der Waals surface area contributed by atoms with Crippen LogP contribution in [0.5, 0.6) is 0 Å².